The first kappa shape index (κ1) is 29.2. The van der Waals surface area contributed by atoms with Gasteiger partial charge in [-0.2, -0.15) is 0 Å². The number of carbonyl (C=O) groups excluding carboxylic acids is 2. The quantitative estimate of drug-likeness (QED) is 0.251. The van der Waals surface area contributed by atoms with Crippen LogP contribution in [0.5, 0.6) is 11.5 Å². The standard InChI is InChI=1S/C30H33ClN4O4S/c1-3-4-18-39-25-7-5-6-21(19-25)28(36)33-30(40)32-23-9-11-24(12-10-23)34-14-16-35(17-15-34)29(37)26-20-22(31)8-13-27(26)38-2/h5-13,19-20H,3-4,14-18H2,1-2H3,(H2,32,33,36,40). The van der Waals surface area contributed by atoms with Crippen molar-refractivity contribution in [2.75, 3.05) is 50.1 Å². The lowest BCUT2D eigenvalue weighted by molar-refractivity contribution is 0.0743. The number of ether oxygens (including phenoxy) is 2. The molecule has 4 rings (SSSR count). The Kier molecular flexibility index (Phi) is 10.2. The molecule has 0 atom stereocenters. The van der Waals surface area contributed by atoms with E-state index in [1.165, 1.54) is 0 Å². The largest absolute Gasteiger partial charge is 0.496 e. The van der Waals surface area contributed by atoms with Gasteiger partial charge in [0.25, 0.3) is 11.8 Å². The number of nitrogens with zero attached hydrogens (tertiary/aromatic N) is 2. The average molecular weight is 581 g/mol. The molecule has 2 amide bonds. The fourth-order valence-electron chi connectivity index (χ4n) is 4.34. The molecule has 0 unspecified atom stereocenters. The Morgan fingerprint density at radius 1 is 1.00 bits per heavy atom. The zero-order chi connectivity index (χ0) is 28.5. The van der Waals surface area contributed by atoms with Crippen molar-refractivity contribution in [1.82, 2.24) is 10.2 Å². The van der Waals surface area contributed by atoms with Gasteiger partial charge in [-0.3, -0.25) is 14.9 Å². The predicted octanol–water partition coefficient (Wildman–Crippen LogP) is 5.62. The Hall–Kier alpha value is -3.82. The van der Waals surface area contributed by atoms with E-state index >= 15 is 0 Å². The molecule has 1 fully saturated rings. The molecule has 40 heavy (non-hydrogen) atoms. The SMILES string of the molecule is CCCCOc1cccc(C(=O)NC(=S)Nc2ccc(N3CCN(C(=O)c4cc(Cl)ccc4OC)CC3)cc2)c1. The van der Waals surface area contributed by atoms with Gasteiger partial charge in [-0.05, 0) is 79.3 Å². The van der Waals surface area contributed by atoms with E-state index in [0.29, 0.717) is 60.4 Å². The monoisotopic (exact) mass is 580 g/mol. The summed E-state index contributed by atoms with van der Waals surface area (Å²) in [6, 6.07) is 19.9. The molecule has 0 spiro atoms. The number of unbranched alkanes of at least 4 members (excludes halogenated alkanes) is 1. The molecule has 0 aromatic heterocycles. The summed E-state index contributed by atoms with van der Waals surface area (Å²) >= 11 is 11.5. The molecule has 8 nitrogen and oxygen atoms in total. The van der Waals surface area contributed by atoms with Crippen LogP contribution in [0.4, 0.5) is 11.4 Å². The van der Waals surface area contributed by atoms with E-state index in [0.717, 1.165) is 24.2 Å². The Morgan fingerprint density at radius 3 is 2.45 bits per heavy atom. The van der Waals surface area contributed by atoms with E-state index in [9.17, 15) is 9.59 Å². The van der Waals surface area contributed by atoms with E-state index in [2.05, 4.69) is 22.5 Å². The molecular weight excluding hydrogens is 548 g/mol. The normalized spacial score (nSPS) is 13.0. The Labute approximate surface area is 245 Å². The lowest BCUT2D eigenvalue weighted by Gasteiger charge is -2.36. The molecule has 2 N–H and O–H groups in total. The Morgan fingerprint density at radius 2 is 1.75 bits per heavy atom. The third-order valence-corrected chi connectivity index (χ3v) is 6.98. The van der Waals surface area contributed by atoms with Crippen LogP contribution >= 0.6 is 23.8 Å². The number of piperazine rings is 1. The lowest BCUT2D eigenvalue weighted by atomic mass is 10.1. The van der Waals surface area contributed by atoms with Gasteiger partial charge in [0, 0.05) is 48.1 Å². The van der Waals surface area contributed by atoms with Gasteiger partial charge in [0.05, 0.1) is 19.3 Å². The van der Waals surface area contributed by atoms with Crippen LogP contribution in [0.1, 0.15) is 40.5 Å². The zero-order valence-electron chi connectivity index (χ0n) is 22.6. The maximum Gasteiger partial charge on any atom is 0.257 e. The van der Waals surface area contributed by atoms with Crippen molar-refractivity contribution >= 4 is 52.1 Å². The first-order valence-electron chi connectivity index (χ1n) is 13.2. The summed E-state index contributed by atoms with van der Waals surface area (Å²) in [6.45, 7) is 5.25. The third-order valence-electron chi connectivity index (χ3n) is 6.54. The zero-order valence-corrected chi connectivity index (χ0v) is 24.2. The van der Waals surface area contributed by atoms with Crippen molar-refractivity contribution in [2.24, 2.45) is 0 Å². The van der Waals surface area contributed by atoms with Gasteiger partial charge in [0.15, 0.2) is 5.11 Å². The second kappa shape index (κ2) is 14.0. The number of rotatable bonds is 9. The molecule has 3 aromatic rings. The molecular formula is C30H33ClN4O4S. The van der Waals surface area contributed by atoms with Crippen LogP contribution < -0.4 is 25.0 Å². The summed E-state index contributed by atoms with van der Waals surface area (Å²) in [5, 5.41) is 6.48. The van der Waals surface area contributed by atoms with Gasteiger partial charge in [-0.1, -0.05) is 31.0 Å². The van der Waals surface area contributed by atoms with Crippen molar-refractivity contribution < 1.29 is 19.1 Å². The Bertz CT molecular complexity index is 1340. The molecule has 10 heteroatoms. The molecule has 210 valence electrons. The number of anilines is 2. The second-order valence-corrected chi connectivity index (χ2v) is 10.2. The highest BCUT2D eigenvalue weighted by Crippen LogP contribution is 2.26. The summed E-state index contributed by atoms with van der Waals surface area (Å²) in [5.41, 5.74) is 2.73. The molecule has 0 aliphatic carbocycles. The smallest absolute Gasteiger partial charge is 0.257 e. The summed E-state index contributed by atoms with van der Waals surface area (Å²) in [6.07, 6.45) is 2.00. The lowest BCUT2D eigenvalue weighted by Crippen LogP contribution is -2.48. The van der Waals surface area contributed by atoms with Crippen molar-refractivity contribution in [1.29, 1.82) is 0 Å². The molecule has 0 saturated carbocycles. The number of amides is 2. The minimum atomic E-state index is -0.308. The van der Waals surface area contributed by atoms with Crippen molar-refractivity contribution in [3.63, 3.8) is 0 Å². The number of hydrogen-bond acceptors (Lipinski definition) is 6. The average Bonchev–Trinajstić information content (AvgIpc) is 2.97. The van der Waals surface area contributed by atoms with Crippen LogP contribution in [0, 0.1) is 0 Å². The highest BCUT2D eigenvalue weighted by atomic mass is 35.5. The number of benzene rings is 3. The molecule has 1 aliphatic heterocycles. The van der Waals surface area contributed by atoms with Crippen LogP contribution in [0.2, 0.25) is 5.02 Å². The fraction of sp³-hybridized carbons (Fsp3) is 0.300. The molecule has 1 heterocycles. The third kappa shape index (κ3) is 7.64. The van der Waals surface area contributed by atoms with Gasteiger partial charge in [-0.15, -0.1) is 0 Å². The number of methoxy groups -OCH3 is 1. The molecule has 1 saturated heterocycles. The maximum atomic E-state index is 13.1. The number of hydrogen-bond donors (Lipinski definition) is 2. The van der Waals surface area contributed by atoms with Crippen LogP contribution in [-0.4, -0.2) is 61.7 Å². The summed E-state index contributed by atoms with van der Waals surface area (Å²) in [4.78, 5) is 29.8. The van der Waals surface area contributed by atoms with E-state index in [-0.39, 0.29) is 16.9 Å². The van der Waals surface area contributed by atoms with Crippen molar-refractivity contribution in [2.45, 2.75) is 19.8 Å². The van der Waals surface area contributed by atoms with Crippen LogP contribution in [0.15, 0.2) is 66.7 Å². The fourth-order valence-corrected chi connectivity index (χ4v) is 4.72. The second-order valence-electron chi connectivity index (χ2n) is 9.31. The van der Waals surface area contributed by atoms with Crippen molar-refractivity contribution in [3.8, 4) is 11.5 Å². The van der Waals surface area contributed by atoms with E-state index in [1.807, 2.05) is 35.2 Å². The van der Waals surface area contributed by atoms with Gasteiger partial charge in [0.2, 0.25) is 0 Å². The number of halogens is 1. The first-order chi connectivity index (χ1) is 19.4. The van der Waals surface area contributed by atoms with Gasteiger partial charge in [-0.25, -0.2) is 0 Å². The topological polar surface area (TPSA) is 83.1 Å². The van der Waals surface area contributed by atoms with Crippen LogP contribution in [-0.2, 0) is 0 Å². The summed E-state index contributed by atoms with van der Waals surface area (Å²) < 4.78 is 11.0. The van der Waals surface area contributed by atoms with Crippen molar-refractivity contribution in [3.05, 3.63) is 82.9 Å². The predicted molar refractivity (Wildman–Crippen MR) is 163 cm³/mol. The highest BCUT2D eigenvalue weighted by molar-refractivity contribution is 7.80. The van der Waals surface area contributed by atoms with Crippen LogP contribution in [0.25, 0.3) is 0 Å². The van der Waals surface area contributed by atoms with E-state index in [1.54, 1.807) is 43.5 Å². The molecule has 3 aromatic carbocycles. The number of nitrogens with one attached hydrogen (secondary N) is 2. The maximum absolute atomic E-state index is 13.1. The summed E-state index contributed by atoms with van der Waals surface area (Å²) in [5.74, 6) is 0.770. The minimum absolute atomic E-state index is 0.0927. The minimum Gasteiger partial charge on any atom is -0.496 e. The van der Waals surface area contributed by atoms with E-state index < -0.39 is 0 Å². The van der Waals surface area contributed by atoms with Gasteiger partial charge in [0.1, 0.15) is 11.5 Å². The Balaban J connectivity index is 1.27. The van der Waals surface area contributed by atoms with Crippen LogP contribution in [0.3, 0.4) is 0 Å². The highest BCUT2D eigenvalue weighted by Gasteiger charge is 2.25. The number of carbonyl (C=O) groups is 2. The first-order valence-corrected chi connectivity index (χ1v) is 14.0. The van der Waals surface area contributed by atoms with Gasteiger partial charge >= 0.3 is 0 Å². The molecule has 1 aliphatic rings. The summed E-state index contributed by atoms with van der Waals surface area (Å²) in [7, 11) is 1.54. The molecule has 0 radical (unpaired) electrons. The number of thiocarbonyl (C=S) groups is 1. The van der Waals surface area contributed by atoms with E-state index in [4.69, 9.17) is 33.3 Å². The van der Waals surface area contributed by atoms with Gasteiger partial charge < -0.3 is 24.6 Å². The molecule has 0 bridgehead atoms.